The van der Waals surface area contributed by atoms with Gasteiger partial charge in [0.1, 0.15) is 11.3 Å². The molecule has 0 spiro atoms. The predicted octanol–water partition coefficient (Wildman–Crippen LogP) is 3.31. The van der Waals surface area contributed by atoms with Crippen LogP contribution in [-0.4, -0.2) is 38.6 Å². The summed E-state index contributed by atoms with van der Waals surface area (Å²) in [5.74, 6) is 0.771. The SMILES string of the molecule is COCc1nn2c(nnc3c(=O)n(Cc4ccc(OC)cc4)ccc32)c1-c1ccccc1. The molecule has 0 radical (unpaired) electrons. The van der Waals surface area contributed by atoms with E-state index in [1.165, 1.54) is 0 Å². The van der Waals surface area contributed by atoms with Crippen molar-refractivity contribution in [3.8, 4) is 16.9 Å². The zero-order valence-electron chi connectivity index (χ0n) is 17.7. The quantitative estimate of drug-likeness (QED) is 0.413. The van der Waals surface area contributed by atoms with Gasteiger partial charge < -0.3 is 14.0 Å². The van der Waals surface area contributed by atoms with Crippen molar-refractivity contribution in [1.82, 2.24) is 24.4 Å². The van der Waals surface area contributed by atoms with Crippen molar-refractivity contribution >= 4 is 16.7 Å². The van der Waals surface area contributed by atoms with Gasteiger partial charge in [-0.15, -0.1) is 10.2 Å². The van der Waals surface area contributed by atoms with Crippen LogP contribution in [0.4, 0.5) is 0 Å². The Hall–Kier alpha value is -4.04. The maximum atomic E-state index is 13.2. The molecule has 8 nitrogen and oxygen atoms in total. The van der Waals surface area contributed by atoms with Gasteiger partial charge in [0.05, 0.1) is 31.5 Å². The summed E-state index contributed by atoms with van der Waals surface area (Å²) in [6, 6.07) is 19.3. The largest absolute Gasteiger partial charge is 0.497 e. The summed E-state index contributed by atoms with van der Waals surface area (Å²) in [6.45, 7) is 0.741. The molecule has 0 amide bonds. The first kappa shape index (κ1) is 19.9. The van der Waals surface area contributed by atoms with Gasteiger partial charge in [0.15, 0.2) is 11.2 Å². The molecule has 8 heteroatoms. The molecule has 0 aliphatic rings. The Balaban J connectivity index is 1.64. The van der Waals surface area contributed by atoms with E-state index in [9.17, 15) is 4.79 Å². The second-order valence-corrected chi connectivity index (χ2v) is 7.39. The number of hydrogen-bond donors (Lipinski definition) is 0. The van der Waals surface area contributed by atoms with Crippen molar-refractivity contribution in [1.29, 1.82) is 0 Å². The molecule has 3 aromatic heterocycles. The molecular weight excluding hydrogens is 406 g/mol. The minimum absolute atomic E-state index is 0.224. The molecule has 3 heterocycles. The van der Waals surface area contributed by atoms with Gasteiger partial charge in [0, 0.05) is 13.3 Å². The van der Waals surface area contributed by atoms with E-state index >= 15 is 0 Å². The molecule has 0 N–H and O–H groups in total. The molecule has 0 aliphatic carbocycles. The van der Waals surface area contributed by atoms with Gasteiger partial charge >= 0.3 is 0 Å². The van der Waals surface area contributed by atoms with Crippen molar-refractivity contribution in [2.75, 3.05) is 14.2 Å². The number of aromatic nitrogens is 5. The Morgan fingerprint density at radius 1 is 0.938 bits per heavy atom. The molecular formula is C24H21N5O3. The highest BCUT2D eigenvalue weighted by Crippen LogP contribution is 2.28. The van der Waals surface area contributed by atoms with E-state index in [4.69, 9.17) is 14.6 Å². The first-order valence-electron chi connectivity index (χ1n) is 10.1. The van der Waals surface area contributed by atoms with E-state index in [2.05, 4.69) is 10.2 Å². The third-order valence-electron chi connectivity index (χ3n) is 5.38. The molecule has 0 saturated carbocycles. The third kappa shape index (κ3) is 3.40. The number of pyridine rings is 1. The number of hydrogen-bond acceptors (Lipinski definition) is 6. The summed E-state index contributed by atoms with van der Waals surface area (Å²) in [7, 11) is 3.25. The van der Waals surface area contributed by atoms with Crippen molar-refractivity contribution in [3.05, 3.63) is 88.5 Å². The van der Waals surface area contributed by atoms with Crippen LogP contribution in [0.1, 0.15) is 11.3 Å². The van der Waals surface area contributed by atoms with Gasteiger partial charge in [-0.05, 0) is 29.3 Å². The number of ether oxygens (including phenoxy) is 2. The van der Waals surface area contributed by atoms with Crippen LogP contribution in [0.25, 0.3) is 27.8 Å². The molecule has 2 aromatic carbocycles. The molecule has 5 rings (SSSR count). The number of nitrogens with zero attached hydrogens (tertiary/aromatic N) is 5. The van der Waals surface area contributed by atoms with Gasteiger partial charge in [0.2, 0.25) is 0 Å². The average Bonchev–Trinajstić information content (AvgIpc) is 3.20. The molecule has 0 fully saturated rings. The van der Waals surface area contributed by atoms with E-state index < -0.39 is 0 Å². The lowest BCUT2D eigenvalue weighted by Crippen LogP contribution is -2.22. The highest BCUT2D eigenvalue weighted by Gasteiger charge is 2.19. The molecule has 0 atom stereocenters. The second kappa shape index (κ2) is 8.24. The Morgan fingerprint density at radius 2 is 1.72 bits per heavy atom. The van der Waals surface area contributed by atoms with Crippen LogP contribution in [0.2, 0.25) is 0 Å². The minimum Gasteiger partial charge on any atom is -0.497 e. The average molecular weight is 427 g/mol. The summed E-state index contributed by atoms with van der Waals surface area (Å²) in [5, 5.41) is 13.4. The highest BCUT2D eigenvalue weighted by atomic mass is 16.5. The molecule has 0 unspecified atom stereocenters. The molecule has 0 aliphatic heterocycles. The lowest BCUT2D eigenvalue weighted by Gasteiger charge is -2.08. The van der Waals surface area contributed by atoms with E-state index in [1.54, 1.807) is 29.5 Å². The van der Waals surface area contributed by atoms with Crippen LogP contribution >= 0.6 is 0 Å². The molecule has 160 valence electrons. The van der Waals surface area contributed by atoms with Crippen LogP contribution in [0.3, 0.4) is 0 Å². The second-order valence-electron chi connectivity index (χ2n) is 7.39. The van der Waals surface area contributed by atoms with Gasteiger partial charge in [-0.3, -0.25) is 4.79 Å². The number of fused-ring (bicyclic) bond motifs is 3. The zero-order valence-corrected chi connectivity index (χ0v) is 17.7. The fourth-order valence-electron chi connectivity index (χ4n) is 3.82. The lowest BCUT2D eigenvalue weighted by molar-refractivity contribution is 0.181. The Morgan fingerprint density at radius 3 is 2.44 bits per heavy atom. The Bertz CT molecular complexity index is 1460. The summed E-state index contributed by atoms with van der Waals surface area (Å²) < 4.78 is 13.8. The maximum Gasteiger partial charge on any atom is 0.280 e. The van der Waals surface area contributed by atoms with E-state index in [-0.39, 0.29) is 11.1 Å². The van der Waals surface area contributed by atoms with Crippen molar-refractivity contribution in [2.45, 2.75) is 13.2 Å². The topological polar surface area (TPSA) is 83.5 Å². The third-order valence-corrected chi connectivity index (χ3v) is 5.38. The van der Waals surface area contributed by atoms with Crippen LogP contribution < -0.4 is 10.3 Å². The van der Waals surface area contributed by atoms with Gasteiger partial charge in [-0.1, -0.05) is 42.5 Å². The van der Waals surface area contributed by atoms with Crippen LogP contribution in [0, 0.1) is 0 Å². The summed E-state index contributed by atoms with van der Waals surface area (Å²) in [5.41, 5.74) is 4.77. The fourth-order valence-corrected chi connectivity index (χ4v) is 3.82. The molecule has 32 heavy (non-hydrogen) atoms. The molecule has 5 aromatic rings. The first-order valence-corrected chi connectivity index (χ1v) is 10.1. The van der Waals surface area contributed by atoms with Gasteiger partial charge in [0.25, 0.3) is 5.56 Å². The van der Waals surface area contributed by atoms with Crippen molar-refractivity contribution in [2.24, 2.45) is 0 Å². The number of benzene rings is 2. The lowest BCUT2D eigenvalue weighted by atomic mass is 10.1. The van der Waals surface area contributed by atoms with E-state index in [0.717, 1.165) is 28.1 Å². The number of methoxy groups -OCH3 is 2. The zero-order chi connectivity index (χ0) is 22.1. The van der Waals surface area contributed by atoms with E-state index in [1.807, 2.05) is 60.7 Å². The normalized spacial score (nSPS) is 11.3. The van der Waals surface area contributed by atoms with Gasteiger partial charge in [-0.25, -0.2) is 4.52 Å². The molecule has 0 saturated heterocycles. The van der Waals surface area contributed by atoms with Crippen molar-refractivity contribution in [3.63, 3.8) is 0 Å². The van der Waals surface area contributed by atoms with Crippen LogP contribution in [0.15, 0.2) is 71.7 Å². The highest BCUT2D eigenvalue weighted by molar-refractivity contribution is 5.84. The fraction of sp³-hybridized carbons (Fsp3) is 0.167. The van der Waals surface area contributed by atoms with E-state index in [0.29, 0.717) is 24.3 Å². The van der Waals surface area contributed by atoms with Crippen LogP contribution in [-0.2, 0) is 17.9 Å². The Labute approximate surface area is 183 Å². The first-order chi connectivity index (χ1) is 15.7. The van der Waals surface area contributed by atoms with Crippen molar-refractivity contribution < 1.29 is 9.47 Å². The summed E-state index contributed by atoms with van der Waals surface area (Å²) in [6.07, 6.45) is 1.76. The molecule has 0 bridgehead atoms. The Kier molecular flexibility index (Phi) is 5.12. The number of rotatable bonds is 6. The predicted molar refractivity (Wildman–Crippen MR) is 121 cm³/mol. The maximum absolute atomic E-state index is 13.2. The monoisotopic (exact) mass is 427 g/mol. The summed E-state index contributed by atoms with van der Waals surface area (Å²) in [4.78, 5) is 13.2. The van der Waals surface area contributed by atoms with Crippen LogP contribution in [0.5, 0.6) is 5.75 Å². The summed E-state index contributed by atoms with van der Waals surface area (Å²) >= 11 is 0. The minimum atomic E-state index is -0.224. The standard InChI is InChI=1S/C24H21N5O3/c1-31-15-19-21(17-6-4-3-5-7-17)23-26-25-22-20(29(23)27-19)12-13-28(24(22)30)14-16-8-10-18(32-2)11-9-16/h3-13H,14-15H2,1-2H3. The van der Waals surface area contributed by atoms with Gasteiger partial charge in [-0.2, -0.15) is 5.10 Å². The smallest absolute Gasteiger partial charge is 0.280 e.